The van der Waals surface area contributed by atoms with Gasteiger partial charge in [-0.05, 0) is 31.4 Å². The zero-order valence-corrected chi connectivity index (χ0v) is 15.3. The van der Waals surface area contributed by atoms with Crippen molar-refractivity contribution in [3.05, 3.63) is 71.8 Å². The maximum absolute atomic E-state index is 12.6. The first-order valence-corrected chi connectivity index (χ1v) is 8.97. The Morgan fingerprint density at radius 1 is 1.04 bits per heavy atom. The molecular weight excluding hydrogens is 326 g/mol. The standard InChI is InChI=1S/C22H25NO3/c1-21(2,20(25)26)15-23-16-22(14-13-19(23)24,17-9-5-3-6-10-17)18-11-7-4-8-12-18/h3-12H,13-16H2,1-2H3,(H,25,26). The second-order valence-corrected chi connectivity index (χ2v) is 7.75. The Morgan fingerprint density at radius 3 is 2.00 bits per heavy atom. The molecule has 4 heteroatoms. The minimum atomic E-state index is -0.980. The van der Waals surface area contributed by atoms with Gasteiger partial charge in [0.1, 0.15) is 0 Å². The van der Waals surface area contributed by atoms with Crippen molar-refractivity contribution in [3.8, 4) is 0 Å². The number of hydrogen-bond acceptors (Lipinski definition) is 2. The smallest absolute Gasteiger partial charge is 0.310 e. The maximum atomic E-state index is 12.6. The van der Waals surface area contributed by atoms with Gasteiger partial charge in [0.05, 0.1) is 5.41 Å². The number of carboxylic acid groups (broad SMARTS) is 1. The molecule has 4 nitrogen and oxygen atoms in total. The number of carboxylic acids is 1. The van der Waals surface area contributed by atoms with Crippen LogP contribution in [0.25, 0.3) is 0 Å². The van der Waals surface area contributed by atoms with Crippen LogP contribution in [0, 0.1) is 5.41 Å². The third-order valence-electron chi connectivity index (χ3n) is 5.40. The highest BCUT2D eigenvalue weighted by molar-refractivity contribution is 5.80. The third-order valence-corrected chi connectivity index (χ3v) is 5.40. The number of benzene rings is 2. The van der Waals surface area contributed by atoms with E-state index in [4.69, 9.17) is 0 Å². The molecule has 1 aliphatic heterocycles. The lowest BCUT2D eigenvalue weighted by atomic mass is 9.69. The molecule has 1 N–H and O–H groups in total. The van der Waals surface area contributed by atoms with Gasteiger partial charge < -0.3 is 10.0 Å². The molecule has 0 aromatic heterocycles. The van der Waals surface area contributed by atoms with Gasteiger partial charge in [0.25, 0.3) is 0 Å². The SMILES string of the molecule is CC(C)(CN1CC(c2ccccc2)(c2ccccc2)CCC1=O)C(=O)O. The minimum absolute atomic E-state index is 0.0295. The molecular formula is C22H25NO3. The Bertz CT molecular complexity index is 744. The van der Waals surface area contributed by atoms with Crippen LogP contribution in [0.2, 0.25) is 0 Å². The first-order valence-electron chi connectivity index (χ1n) is 8.97. The topological polar surface area (TPSA) is 57.6 Å². The van der Waals surface area contributed by atoms with Crippen molar-refractivity contribution in [1.29, 1.82) is 0 Å². The summed E-state index contributed by atoms with van der Waals surface area (Å²) in [7, 11) is 0. The molecule has 0 unspecified atom stereocenters. The van der Waals surface area contributed by atoms with Crippen molar-refractivity contribution in [2.45, 2.75) is 32.1 Å². The first kappa shape index (κ1) is 18.2. The molecule has 136 valence electrons. The van der Waals surface area contributed by atoms with E-state index in [1.165, 1.54) is 0 Å². The molecule has 1 fully saturated rings. The zero-order valence-electron chi connectivity index (χ0n) is 15.3. The Balaban J connectivity index is 2.03. The Labute approximate surface area is 154 Å². The number of carbonyl (C=O) groups is 2. The van der Waals surface area contributed by atoms with Crippen molar-refractivity contribution in [3.63, 3.8) is 0 Å². The van der Waals surface area contributed by atoms with E-state index in [-0.39, 0.29) is 17.9 Å². The number of rotatable bonds is 5. The van der Waals surface area contributed by atoms with Gasteiger partial charge in [-0.15, -0.1) is 0 Å². The van der Waals surface area contributed by atoms with E-state index in [0.29, 0.717) is 13.0 Å². The van der Waals surface area contributed by atoms with Crippen molar-refractivity contribution in [1.82, 2.24) is 4.90 Å². The molecule has 1 aliphatic rings. The zero-order chi connectivity index (χ0) is 18.8. The number of aliphatic carboxylic acids is 1. The fraction of sp³-hybridized carbons (Fsp3) is 0.364. The second-order valence-electron chi connectivity index (χ2n) is 7.75. The van der Waals surface area contributed by atoms with Crippen LogP contribution in [0.3, 0.4) is 0 Å². The molecule has 2 aromatic rings. The number of piperidine rings is 1. The number of nitrogens with zero attached hydrogens (tertiary/aromatic N) is 1. The Kier molecular flexibility index (Phi) is 4.86. The average Bonchev–Trinajstić information content (AvgIpc) is 2.65. The van der Waals surface area contributed by atoms with Gasteiger partial charge >= 0.3 is 5.97 Å². The molecule has 2 aromatic carbocycles. The van der Waals surface area contributed by atoms with Crippen LogP contribution in [0.4, 0.5) is 0 Å². The molecule has 0 spiro atoms. The Hall–Kier alpha value is -2.62. The fourth-order valence-corrected chi connectivity index (χ4v) is 3.81. The van der Waals surface area contributed by atoms with Crippen LogP contribution in [0.1, 0.15) is 37.8 Å². The summed E-state index contributed by atoms with van der Waals surface area (Å²) in [5, 5.41) is 9.48. The molecule has 1 heterocycles. The fourth-order valence-electron chi connectivity index (χ4n) is 3.81. The minimum Gasteiger partial charge on any atom is -0.481 e. The molecule has 0 radical (unpaired) electrons. The van der Waals surface area contributed by atoms with E-state index in [1.807, 2.05) is 36.4 Å². The highest BCUT2D eigenvalue weighted by Crippen LogP contribution is 2.41. The number of amides is 1. The molecule has 0 bridgehead atoms. The predicted octanol–water partition coefficient (Wildman–Crippen LogP) is 3.71. The third kappa shape index (κ3) is 3.36. The van der Waals surface area contributed by atoms with Crippen molar-refractivity contribution in [2.75, 3.05) is 13.1 Å². The van der Waals surface area contributed by atoms with Gasteiger partial charge in [-0.3, -0.25) is 9.59 Å². The number of likely N-dealkylation sites (tertiary alicyclic amines) is 1. The van der Waals surface area contributed by atoms with Crippen LogP contribution in [-0.4, -0.2) is 35.0 Å². The summed E-state index contributed by atoms with van der Waals surface area (Å²) < 4.78 is 0. The summed E-state index contributed by atoms with van der Waals surface area (Å²) in [4.78, 5) is 25.9. The van der Waals surface area contributed by atoms with E-state index in [9.17, 15) is 14.7 Å². The van der Waals surface area contributed by atoms with E-state index in [1.54, 1.807) is 18.7 Å². The molecule has 0 saturated carbocycles. The summed E-state index contributed by atoms with van der Waals surface area (Å²) >= 11 is 0. The lowest BCUT2D eigenvalue weighted by Crippen LogP contribution is -2.53. The maximum Gasteiger partial charge on any atom is 0.310 e. The first-order chi connectivity index (χ1) is 12.3. The largest absolute Gasteiger partial charge is 0.481 e. The lowest BCUT2D eigenvalue weighted by molar-refractivity contribution is -0.150. The summed E-state index contributed by atoms with van der Waals surface area (Å²) in [5.41, 5.74) is 1.03. The van der Waals surface area contributed by atoms with Crippen LogP contribution in [0.15, 0.2) is 60.7 Å². The van der Waals surface area contributed by atoms with E-state index < -0.39 is 11.4 Å². The van der Waals surface area contributed by atoms with Crippen LogP contribution >= 0.6 is 0 Å². The quantitative estimate of drug-likeness (QED) is 0.893. The normalized spacial score (nSPS) is 17.2. The van der Waals surface area contributed by atoms with Crippen LogP contribution in [-0.2, 0) is 15.0 Å². The molecule has 0 aliphatic carbocycles. The van der Waals surface area contributed by atoms with Gasteiger partial charge in [0, 0.05) is 24.9 Å². The van der Waals surface area contributed by atoms with Gasteiger partial charge in [-0.1, -0.05) is 60.7 Å². The van der Waals surface area contributed by atoms with Crippen molar-refractivity contribution in [2.24, 2.45) is 5.41 Å². The molecule has 3 rings (SSSR count). The van der Waals surface area contributed by atoms with Gasteiger partial charge in [0.15, 0.2) is 0 Å². The lowest BCUT2D eigenvalue weighted by Gasteiger charge is -2.45. The Morgan fingerprint density at radius 2 is 1.54 bits per heavy atom. The number of hydrogen-bond donors (Lipinski definition) is 1. The second kappa shape index (κ2) is 6.94. The molecule has 26 heavy (non-hydrogen) atoms. The summed E-state index contributed by atoms with van der Waals surface area (Å²) in [6.45, 7) is 4.05. The van der Waals surface area contributed by atoms with Crippen LogP contribution < -0.4 is 0 Å². The average molecular weight is 351 g/mol. The summed E-state index contributed by atoms with van der Waals surface area (Å²) in [6, 6.07) is 20.4. The molecule has 1 amide bonds. The van der Waals surface area contributed by atoms with Crippen molar-refractivity contribution >= 4 is 11.9 Å². The van der Waals surface area contributed by atoms with E-state index in [2.05, 4.69) is 24.3 Å². The van der Waals surface area contributed by atoms with Crippen LogP contribution in [0.5, 0.6) is 0 Å². The molecule has 1 saturated heterocycles. The summed E-state index contributed by atoms with van der Waals surface area (Å²) in [5.74, 6) is -0.859. The molecule has 0 atom stereocenters. The highest BCUT2D eigenvalue weighted by atomic mass is 16.4. The number of carbonyl (C=O) groups excluding carboxylic acids is 1. The van der Waals surface area contributed by atoms with Gasteiger partial charge in [-0.25, -0.2) is 0 Å². The van der Waals surface area contributed by atoms with Crippen molar-refractivity contribution < 1.29 is 14.7 Å². The van der Waals surface area contributed by atoms with Gasteiger partial charge in [-0.2, -0.15) is 0 Å². The van der Waals surface area contributed by atoms with E-state index in [0.717, 1.165) is 17.5 Å². The monoisotopic (exact) mass is 351 g/mol. The highest BCUT2D eigenvalue weighted by Gasteiger charge is 2.43. The summed E-state index contributed by atoms with van der Waals surface area (Å²) in [6.07, 6.45) is 1.14. The van der Waals surface area contributed by atoms with Gasteiger partial charge in [0.2, 0.25) is 5.91 Å². The van der Waals surface area contributed by atoms with E-state index >= 15 is 0 Å². The predicted molar refractivity (Wildman–Crippen MR) is 101 cm³/mol.